The van der Waals surface area contributed by atoms with E-state index in [4.69, 9.17) is 0 Å². The third-order valence-corrected chi connectivity index (χ3v) is 4.42. The maximum absolute atomic E-state index is 12.4. The first-order chi connectivity index (χ1) is 10.1. The molecular weight excluding hydrogens is 284 g/mol. The Kier molecular flexibility index (Phi) is 3.09. The summed E-state index contributed by atoms with van der Waals surface area (Å²) < 4.78 is 1.63. The van der Waals surface area contributed by atoms with Crippen molar-refractivity contribution in [3.05, 3.63) is 22.0 Å². The Morgan fingerprint density at radius 2 is 2.14 bits per heavy atom. The Labute approximate surface area is 129 Å². The van der Waals surface area contributed by atoms with Gasteiger partial charge in [-0.05, 0) is 47.0 Å². The van der Waals surface area contributed by atoms with Crippen molar-refractivity contribution in [2.24, 2.45) is 5.41 Å². The highest BCUT2D eigenvalue weighted by Crippen LogP contribution is 2.57. The monoisotopic (exact) mass is 306 g/mol. The summed E-state index contributed by atoms with van der Waals surface area (Å²) in [5, 5.41) is 18.6. The predicted octanol–water partition coefficient (Wildman–Crippen LogP) is 2.53. The van der Waals surface area contributed by atoms with Gasteiger partial charge in [0.2, 0.25) is 5.91 Å². The summed E-state index contributed by atoms with van der Waals surface area (Å²) in [6, 6.07) is -0.0962. The van der Waals surface area contributed by atoms with E-state index in [0.717, 1.165) is 12.8 Å². The van der Waals surface area contributed by atoms with Gasteiger partial charge in [-0.1, -0.05) is 0 Å². The van der Waals surface area contributed by atoms with Crippen LogP contribution in [-0.4, -0.2) is 26.1 Å². The maximum Gasteiger partial charge on any atom is 0.310 e. The molecule has 2 atom stereocenters. The van der Waals surface area contributed by atoms with Crippen molar-refractivity contribution in [2.75, 3.05) is 0 Å². The van der Waals surface area contributed by atoms with E-state index in [9.17, 15) is 14.9 Å². The van der Waals surface area contributed by atoms with Crippen LogP contribution in [0.1, 0.15) is 64.6 Å². The third kappa shape index (κ3) is 2.60. The smallest absolute Gasteiger partial charge is 0.310 e. The zero-order chi connectivity index (χ0) is 16.3. The second-order valence-electron chi connectivity index (χ2n) is 7.75. The summed E-state index contributed by atoms with van der Waals surface area (Å²) in [5.41, 5.74) is -0.153. The topological polar surface area (TPSA) is 90.1 Å². The molecule has 2 aliphatic carbocycles. The molecule has 0 radical (unpaired) electrons. The van der Waals surface area contributed by atoms with Gasteiger partial charge in [-0.3, -0.25) is 19.6 Å². The Hall–Kier alpha value is -1.92. The summed E-state index contributed by atoms with van der Waals surface area (Å²) >= 11 is 0. The van der Waals surface area contributed by atoms with Gasteiger partial charge in [0.25, 0.3) is 0 Å². The lowest BCUT2D eigenvalue weighted by molar-refractivity contribution is -0.385. The first kappa shape index (κ1) is 15.0. The Balaban J connectivity index is 1.80. The van der Waals surface area contributed by atoms with Crippen LogP contribution in [0.15, 0.2) is 6.20 Å². The fourth-order valence-electron chi connectivity index (χ4n) is 2.80. The zero-order valence-electron chi connectivity index (χ0n) is 13.4. The van der Waals surface area contributed by atoms with Gasteiger partial charge >= 0.3 is 5.69 Å². The fraction of sp³-hybridized carbons (Fsp3) is 0.733. The van der Waals surface area contributed by atoms with Crippen molar-refractivity contribution in [1.29, 1.82) is 0 Å². The molecule has 7 heteroatoms. The number of rotatable bonds is 4. The minimum atomic E-state index is -0.534. The van der Waals surface area contributed by atoms with E-state index >= 15 is 0 Å². The van der Waals surface area contributed by atoms with Crippen LogP contribution in [0.3, 0.4) is 0 Å². The molecule has 3 rings (SSSR count). The molecule has 7 nitrogen and oxygen atoms in total. The van der Waals surface area contributed by atoms with Gasteiger partial charge in [-0.25, -0.2) is 0 Å². The molecule has 0 bridgehead atoms. The second-order valence-corrected chi connectivity index (χ2v) is 7.75. The van der Waals surface area contributed by atoms with Crippen molar-refractivity contribution in [3.8, 4) is 0 Å². The average molecular weight is 306 g/mol. The summed E-state index contributed by atoms with van der Waals surface area (Å²) in [6.07, 6.45) is 4.08. The number of hydrogen-bond acceptors (Lipinski definition) is 4. The van der Waals surface area contributed by atoms with Crippen molar-refractivity contribution >= 4 is 11.6 Å². The minimum absolute atomic E-state index is 0.0175. The number of nitro groups is 1. The molecule has 2 aliphatic rings. The van der Waals surface area contributed by atoms with Gasteiger partial charge < -0.3 is 5.32 Å². The number of nitrogens with one attached hydrogen (secondary N) is 1. The van der Waals surface area contributed by atoms with Gasteiger partial charge in [0, 0.05) is 11.5 Å². The normalized spacial score (nSPS) is 27.5. The van der Waals surface area contributed by atoms with Crippen molar-refractivity contribution in [2.45, 2.75) is 64.5 Å². The zero-order valence-corrected chi connectivity index (χ0v) is 13.4. The van der Waals surface area contributed by atoms with E-state index in [1.165, 1.54) is 6.20 Å². The molecule has 1 aromatic rings. The van der Waals surface area contributed by atoms with Crippen LogP contribution in [0.25, 0.3) is 0 Å². The fourth-order valence-corrected chi connectivity index (χ4v) is 2.80. The molecule has 1 aromatic heterocycles. The van der Waals surface area contributed by atoms with E-state index in [1.807, 2.05) is 27.7 Å². The Morgan fingerprint density at radius 1 is 1.50 bits per heavy atom. The molecule has 0 saturated heterocycles. The van der Waals surface area contributed by atoms with Gasteiger partial charge in [0.15, 0.2) is 0 Å². The molecule has 1 heterocycles. The van der Waals surface area contributed by atoms with E-state index < -0.39 is 5.41 Å². The maximum atomic E-state index is 12.4. The van der Waals surface area contributed by atoms with E-state index in [1.54, 1.807) is 4.68 Å². The largest absolute Gasteiger partial charge is 0.351 e. The molecule has 120 valence electrons. The van der Waals surface area contributed by atoms with Gasteiger partial charge in [-0.2, -0.15) is 5.10 Å². The molecule has 2 fully saturated rings. The standard InChI is InChI=1S/C15H22N4O3/c1-14(2,3)16-13(20)15(4)7-11(15)18-8-10(19(21)22)12(17-18)9-5-6-9/h8-9,11H,5-7H2,1-4H3,(H,16,20). The molecule has 0 aromatic carbocycles. The second kappa shape index (κ2) is 4.54. The van der Waals surface area contributed by atoms with Crippen LogP contribution >= 0.6 is 0 Å². The third-order valence-electron chi connectivity index (χ3n) is 4.42. The Bertz CT molecular complexity index is 642. The first-order valence-electron chi connectivity index (χ1n) is 7.68. The lowest BCUT2D eigenvalue weighted by atomic mass is 10.0. The van der Waals surface area contributed by atoms with Crippen LogP contribution in [0.2, 0.25) is 0 Å². The summed E-state index contributed by atoms with van der Waals surface area (Å²) in [6.45, 7) is 7.71. The van der Waals surface area contributed by atoms with E-state index in [2.05, 4.69) is 10.4 Å². The lowest BCUT2D eigenvalue weighted by Gasteiger charge is -2.23. The highest BCUT2D eigenvalue weighted by atomic mass is 16.6. The number of hydrogen-bond donors (Lipinski definition) is 1. The van der Waals surface area contributed by atoms with E-state index in [0.29, 0.717) is 12.1 Å². The number of carbonyl (C=O) groups excluding carboxylic acids is 1. The van der Waals surface area contributed by atoms with Gasteiger partial charge in [0.1, 0.15) is 11.9 Å². The van der Waals surface area contributed by atoms with Gasteiger partial charge in [-0.15, -0.1) is 0 Å². The summed E-state index contributed by atoms with van der Waals surface area (Å²) in [4.78, 5) is 23.2. The van der Waals surface area contributed by atoms with Crippen molar-refractivity contribution < 1.29 is 9.72 Å². The van der Waals surface area contributed by atoms with Crippen LogP contribution in [0, 0.1) is 15.5 Å². The molecule has 1 N–H and O–H groups in total. The highest BCUT2D eigenvalue weighted by molar-refractivity contribution is 5.86. The number of carbonyl (C=O) groups is 1. The minimum Gasteiger partial charge on any atom is -0.351 e. The number of nitrogens with zero attached hydrogens (tertiary/aromatic N) is 3. The summed E-state index contributed by atoms with van der Waals surface area (Å²) in [7, 11) is 0. The molecule has 22 heavy (non-hydrogen) atoms. The molecule has 2 unspecified atom stereocenters. The van der Waals surface area contributed by atoms with Crippen LogP contribution in [0.4, 0.5) is 5.69 Å². The number of amides is 1. The molecule has 2 saturated carbocycles. The quantitative estimate of drug-likeness (QED) is 0.683. The average Bonchev–Trinajstić information content (AvgIpc) is 3.27. The van der Waals surface area contributed by atoms with Crippen LogP contribution in [-0.2, 0) is 4.79 Å². The van der Waals surface area contributed by atoms with Crippen LogP contribution in [0.5, 0.6) is 0 Å². The predicted molar refractivity (Wildman–Crippen MR) is 80.5 cm³/mol. The van der Waals surface area contributed by atoms with Crippen molar-refractivity contribution in [3.63, 3.8) is 0 Å². The van der Waals surface area contributed by atoms with Crippen LogP contribution < -0.4 is 5.32 Å². The lowest BCUT2D eigenvalue weighted by Crippen LogP contribution is -2.44. The Morgan fingerprint density at radius 3 is 2.64 bits per heavy atom. The molecule has 0 aliphatic heterocycles. The van der Waals surface area contributed by atoms with Crippen molar-refractivity contribution in [1.82, 2.24) is 15.1 Å². The SMILES string of the molecule is CC(C)(C)NC(=O)C1(C)CC1n1cc([N+](=O)[O-])c(C2CC2)n1. The molecule has 0 spiro atoms. The summed E-state index contributed by atoms with van der Waals surface area (Å²) in [5.74, 6) is 0.200. The first-order valence-corrected chi connectivity index (χ1v) is 7.68. The molecular formula is C15H22N4O3. The number of aromatic nitrogens is 2. The highest BCUT2D eigenvalue weighted by Gasteiger charge is 2.59. The van der Waals surface area contributed by atoms with Gasteiger partial charge in [0.05, 0.1) is 16.4 Å². The van der Waals surface area contributed by atoms with E-state index in [-0.39, 0.29) is 34.0 Å². The molecule has 1 amide bonds.